The summed E-state index contributed by atoms with van der Waals surface area (Å²) in [5.41, 5.74) is 12.7. The van der Waals surface area contributed by atoms with Gasteiger partial charge in [0.1, 0.15) is 5.84 Å². The lowest BCUT2D eigenvalue weighted by atomic mass is 9.81. The van der Waals surface area contributed by atoms with Crippen molar-refractivity contribution >= 4 is 11.6 Å². The molecule has 0 spiro atoms. The van der Waals surface area contributed by atoms with E-state index >= 15 is 0 Å². The van der Waals surface area contributed by atoms with Crippen molar-refractivity contribution in [3.8, 4) is 33.4 Å². The van der Waals surface area contributed by atoms with Crippen LogP contribution in [0.15, 0.2) is 216 Å². The molecule has 0 aromatic heterocycles. The van der Waals surface area contributed by atoms with Gasteiger partial charge in [0, 0.05) is 17.0 Å². The maximum Gasteiger partial charge on any atom is 0.209 e. The zero-order valence-electron chi connectivity index (χ0n) is 30.6. The minimum Gasteiger partial charge on any atom is -0.337 e. The topological polar surface area (TPSA) is 41.5 Å². The van der Waals surface area contributed by atoms with Gasteiger partial charge in [0.25, 0.3) is 0 Å². The van der Waals surface area contributed by atoms with Gasteiger partial charge in [-0.1, -0.05) is 177 Å². The molecule has 0 saturated heterocycles. The first kappa shape index (κ1) is 34.5. The average molecular weight is 699 g/mol. The number of rotatable bonds is 8. The van der Waals surface area contributed by atoms with E-state index in [9.17, 15) is 4.79 Å². The van der Waals surface area contributed by atoms with Crippen LogP contribution in [0.2, 0.25) is 0 Å². The van der Waals surface area contributed by atoms with Crippen molar-refractivity contribution in [2.75, 3.05) is 0 Å². The fourth-order valence-corrected chi connectivity index (χ4v) is 7.38. The Morgan fingerprint density at radius 2 is 1.11 bits per heavy atom. The van der Waals surface area contributed by atoms with Crippen molar-refractivity contribution < 1.29 is 4.79 Å². The lowest BCUT2D eigenvalue weighted by molar-refractivity contribution is 0.102. The van der Waals surface area contributed by atoms with E-state index in [2.05, 4.69) is 146 Å². The summed E-state index contributed by atoms with van der Waals surface area (Å²) in [6.07, 6.45) is 9.59. The van der Waals surface area contributed by atoms with Crippen molar-refractivity contribution in [2.24, 2.45) is 10.9 Å². The Hall–Kier alpha value is -6.58. The fraction of sp³-hybridized carbons (Fsp3) is 0.0980. The number of carbonyl (C=O) groups is 1. The first-order valence-electron chi connectivity index (χ1n) is 18.7. The Balaban J connectivity index is 1.20. The van der Waals surface area contributed by atoms with Crippen LogP contribution in [0.25, 0.3) is 33.4 Å². The SMILES string of the molecule is CC1=C(C(=O)c2cc(-c3ccccc3)cc(-c3ccccc3)c2)NC(c2ccc(-c3ccccc3)cc2)=N/C(C2=CC(C)C(c3ccccc3)C=C2)=C/C1. The van der Waals surface area contributed by atoms with Gasteiger partial charge in [-0.25, -0.2) is 4.99 Å². The van der Waals surface area contributed by atoms with E-state index in [4.69, 9.17) is 4.99 Å². The predicted octanol–water partition coefficient (Wildman–Crippen LogP) is 12.4. The molecule has 1 heterocycles. The standard InChI is InChI=1S/C51H42N2O/c1-35-23-30-48(43-28-29-47(36(2)31-43)41-21-13-6-14-22-41)52-51(42-26-24-40(25-27-42)37-15-7-3-8-16-37)53-49(35)50(54)46-33-44(38-17-9-4-10-18-38)32-45(34-46)39-19-11-5-12-20-39/h3-22,24-34,36,47H,23H2,1-2H3,(H,52,53)/b48-30+,49-35?. The second kappa shape index (κ2) is 15.6. The number of hydrogen-bond acceptors (Lipinski definition) is 3. The van der Waals surface area contributed by atoms with E-state index < -0.39 is 0 Å². The van der Waals surface area contributed by atoms with Crippen LogP contribution in [0.3, 0.4) is 0 Å². The highest BCUT2D eigenvalue weighted by Crippen LogP contribution is 2.35. The summed E-state index contributed by atoms with van der Waals surface area (Å²) in [4.78, 5) is 20.2. The zero-order chi connectivity index (χ0) is 36.9. The Morgan fingerprint density at radius 1 is 0.611 bits per heavy atom. The van der Waals surface area contributed by atoms with Gasteiger partial charge in [-0.3, -0.25) is 4.79 Å². The monoisotopic (exact) mass is 698 g/mol. The molecule has 3 nitrogen and oxygen atoms in total. The highest BCUT2D eigenvalue weighted by Gasteiger charge is 2.24. The molecule has 3 heteroatoms. The number of allylic oxidation sites excluding steroid dienone is 6. The van der Waals surface area contributed by atoms with Crippen LogP contribution in [0.4, 0.5) is 0 Å². The summed E-state index contributed by atoms with van der Waals surface area (Å²) in [5.74, 6) is 1.16. The predicted molar refractivity (Wildman–Crippen MR) is 224 cm³/mol. The van der Waals surface area contributed by atoms with E-state index in [-0.39, 0.29) is 5.78 Å². The number of Topliss-reactive ketones (excluding diaryl/α,β-unsaturated/α-hetero) is 1. The van der Waals surface area contributed by atoms with Crippen LogP contribution in [0, 0.1) is 5.92 Å². The number of amidine groups is 1. The van der Waals surface area contributed by atoms with Gasteiger partial charge in [0.2, 0.25) is 5.78 Å². The molecule has 1 aliphatic carbocycles. The van der Waals surface area contributed by atoms with Gasteiger partial charge >= 0.3 is 0 Å². The molecular weight excluding hydrogens is 657 g/mol. The molecule has 262 valence electrons. The van der Waals surface area contributed by atoms with Crippen molar-refractivity contribution in [2.45, 2.75) is 26.2 Å². The van der Waals surface area contributed by atoms with Crippen LogP contribution in [0.5, 0.6) is 0 Å². The van der Waals surface area contributed by atoms with Gasteiger partial charge in [-0.15, -0.1) is 0 Å². The van der Waals surface area contributed by atoms with Gasteiger partial charge in [-0.05, 0) is 87.6 Å². The van der Waals surface area contributed by atoms with Gasteiger partial charge < -0.3 is 5.32 Å². The largest absolute Gasteiger partial charge is 0.337 e. The molecule has 0 saturated carbocycles. The molecule has 0 fully saturated rings. The number of aliphatic imine (C=N–C) groups is 1. The number of nitrogens with one attached hydrogen (secondary N) is 1. The van der Waals surface area contributed by atoms with Crippen LogP contribution >= 0.6 is 0 Å². The third-order valence-corrected chi connectivity index (χ3v) is 10.4. The quantitative estimate of drug-likeness (QED) is 0.161. The second-order valence-electron chi connectivity index (χ2n) is 14.1. The zero-order valence-corrected chi connectivity index (χ0v) is 30.6. The highest BCUT2D eigenvalue weighted by atomic mass is 16.1. The Bertz CT molecular complexity index is 2380. The Kier molecular flexibility index (Phi) is 9.95. The molecule has 2 unspecified atom stereocenters. The molecule has 0 amide bonds. The van der Waals surface area contributed by atoms with Gasteiger partial charge in [0.05, 0.1) is 11.4 Å². The Morgan fingerprint density at radius 3 is 1.67 bits per heavy atom. The lowest BCUT2D eigenvalue weighted by Gasteiger charge is -2.25. The molecule has 2 atom stereocenters. The van der Waals surface area contributed by atoms with Crippen molar-refractivity contribution in [3.63, 3.8) is 0 Å². The minimum absolute atomic E-state index is 0.0657. The maximum atomic E-state index is 14.8. The van der Waals surface area contributed by atoms with Crippen LogP contribution in [-0.2, 0) is 0 Å². The maximum absolute atomic E-state index is 14.8. The van der Waals surface area contributed by atoms with Crippen LogP contribution in [0.1, 0.15) is 47.7 Å². The normalized spacial score (nSPS) is 18.0. The first-order chi connectivity index (χ1) is 26.5. The van der Waals surface area contributed by atoms with Crippen molar-refractivity contribution in [1.29, 1.82) is 0 Å². The lowest BCUT2D eigenvalue weighted by Crippen LogP contribution is -2.30. The summed E-state index contributed by atoms with van der Waals surface area (Å²) in [6.45, 7) is 4.32. The van der Waals surface area contributed by atoms with E-state index in [1.165, 1.54) is 5.56 Å². The number of carbonyl (C=O) groups excluding carboxylic acids is 1. The third-order valence-electron chi connectivity index (χ3n) is 10.4. The molecule has 6 aromatic rings. The van der Waals surface area contributed by atoms with Crippen molar-refractivity contribution in [1.82, 2.24) is 5.32 Å². The van der Waals surface area contributed by atoms with Crippen molar-refractivity contribution in [3.05, 3.63) is 227 Å². The molecule has 8 rings (SSSR count). The van der Waals surface area contributed by atoms with Gasteiger partial charge in [-0.2, -0.15) is 0 Å². The summed E-state index contributed by atoms with van der Waals surface area (Å²) in [7, 11) is 0. The number of ketones is 1. The number of hydrogen-bond donors (Lipinski definition) is 1. The second-order valence-corrected chi connectivity index (χ2v) is 14.1. The van der Waals surface area contributed by atoms with E-state index in [0.29, 0.717) is 35.4 Å². The molecular formula is C51H42N2O. The molecule has 1 aliphatic heterocycles. The van der Waals surface area contributed by atoms with Crippen LogP contribution < -0.4 is 5.32 Å². The third kappa shape index (κ3) is 7.49. The van der Waals surface area contributed by atoms with Crippen LogP contribution in [-0.4, -0.2) is 11.6 Å². The molecule has 0 radical (unpaired) electrons. The number of nitrogens with zero attached hydrogens (tertiary/aromatic N) is 1. The van der Waals surface area contributed by atoms with E-state index in [1.807, 2.05) is 61.5 Å². The highest BCUT2D eigenvalue weighted by molar-refractivity contribution is 6.14. The first-order valence-corrected chi connectivity index (χ1v) is 18.7. The Labute approximate surface area is 318 Å². The smallest absolute Gasteiger partial charge is 0.209 e. The van der Waals surface area contributed by atoms with E-state index in [0.717, 1.165) is 55.8 Å². The molecule has 2 aliphatic rings. The molecule has 1 N–H and O–H groups in total. The summed E-state index contributed by atoms with van der Waals surface area (Å²) in [5, 5.41) is 3.60. The van der Waals surface area contributed by atoms with E-state index in [1.54, 1.807) is 0 Å². The number of benzene rings is 6. The molecule has 6 aromatic carbocycles. The summed E-state index contributed by atoms with van der Waals surface area (Å²) < 4.78 is 0. The summed E-state index contributed by atoms with van der Waals surface area (Å²) >= 11 is 0. The minimum atomic E-state index is -0.0657. The van der Waals surface area contributed by atoms with Gasteiger partial charge in [0.15, 0.2) is 0 Å². The average Bonchev–Trinajstić information content (AvgIpc) is 3.23. The molecule has 0 bridgehead atoms. The summed E-state index contributed by atoms with van der Waals surface area (Å²) in [6, 6.07) is 56.2. The molecule has 54 heavy (non-hydrogen) atoms. The fourth-order valence-electron chi connectivity index (χ4n) is 7.38.